The zero-order valence-electron chi connectivity index (χ0n) is 30.8. The van der Waals surface area contributed by atoms with Crippen molar-refractivity contribution in [1.29, 1.82) is 0 Å². The molecule has 8 N–H and O–H groups in total. The van der Waals surface area contributed by atoms with Crippen molar-refractivity contribution in [3.05, 3.63) is 167 Å². The van der Waals surface area contributed by atoms with Crippen LogP contribution in [0.1, 0.15) is 66.4 Å². The van der Waals surface area contributed by atoms with Gasteiger partial charge in [-0.15, -0.1) is 0 Å². The van der Waals surface area contributed by atoms with Gasteiger partial charge in [0.25, 0.3) is 0 Å². The summed E-state index contributed by atoms with van der Waals surface area (Å²) in [7, 11) is -3.48. The molecule has 0 bridgehead atoms. The summed E-state index contributed by atoms with van der Waals surface area (Å²) < 4.78 is 35.9. The largest absolute Gasteiger partial charge is 0.478 e. The van der Waals surface area contributed by atoms with Gasteiger partial charge in [-0.1, -0.05) is 38.1 Å². The van der Waals surface area contributed by atoms with Crippen LogP contribution < -0.4 is 20.9 Å². The lowest BCUT2D eigenvalue weighted by Crippen LogP contribution is -2.18. The van der Waals surface area contributed by atoms with Crippen LogP contribution in [0.4, 0.5) is 11.4 Å². The number of anilines is 2. The summed E-state index contributed by atoms with van der Waals surface area (Å²) in [6, 6.07) is 34.0. The van der Waals surface area contributed by atoms with E-state index < -0.39 is 39.1 Å². The quantitative estimate of drug-likeness (QED) is 0.0640. The highest BCUT2D eigenvalue weighted by atomic mass is 32.2. The Hall–Kier alpha value is -7.65. The van der Waals surface area contributed by atoms with Crippen molar-refractivity contribution in [2.75, 3.05) is 11.5 Å². The minimum absolute atomic E-state index is 0.183. The number of aromatic carboxylic acids is 4. The molecule has 0 atom stereocenters. The minimum atomic E-state index is -3.48. The molecule has 14 nitrogen and oxygen atoms in total. The maximum Gasteiger partial charge on any atom is 0.336 e. The van der Waals surface area contributed by atoms with Gasteiger partial charge in [0.15, 0.2) is 0 Å². The first-order chi connectivity index (χ1) is 27.4. The molecule has 0 aromatic heterocycles. The van der Waals surface area contributed by atoms with E-state index in [1.54, 1.807) is 48.5 Å². The average molecular weight is 805 g/mol. The van der Waals surface area contributed by atoms with Crippen molar-refractivity contribution in [2.45, 2.75) is 29.1 Å². The van der Waals surface area contributed by atoms with Gasteiger partial charge in [-0.05, 0) is 120 Å². The second-order valence-electron chi connectivity index (χ2n) is 13.2. The van der Waals surface area contributed by atoms with Crippen molar-refractivity contribution in [2.24, 2.45) is 0 Å². The molecule has 6 aromatic rings. The summed E-state index contributed by atoms with van der Waals surface area (Å²) in [5, 5.41) is 37.0. The maximum atomic E-state index is 12.2. The number of carboxylic acid groups (broad SMARTS) is 4. The first kappa shape index (κ1) is 41.5. The van der Waals surface area contributed by atoms with Crippen LogP contribution in [0.3, 0.4) is 0 Å². The number of carbonyl (C=O) groups is 4. The number of hydrogen-bond acceptors (Lipinski definition) is 10. The average Bonchev–Trinajstić information content (AvgIpc) is 3.18. The molecule has 0 aliphatic heterocycles. The predicted molar refractivity (Wildman–Crippen MR) is 213 cm³/mol. The number of rotatable bonds is 12. The van der Waals surface area contributed by atoms with E-state index in [-0.39, 0.29) is 43.5 Å². The molecule has 0 aliphatic carbocycles. The lowest BCUT2D eigenvalue weighted by atomic mass is 9.78. The van der Waals surface area contributed by atoms with E-state index in [1.165, 1.54) is 48.5 Å². The monoisotopic (exact) mass is 804 g/mol. The molecular formula is C43H36N2O12S. The number of benzene rings is 6. The van der Waals surface area contributed by atoms with Gasteiger partial charge in [0.2, 0.25) is 9.84 Å². The smallest absolute Gasteiger partial charge is 0.336 e. The molecule has 0 aliphatic rings. The lowest BCUT2D eigenvalue weighted by molar-refractivity contribution is 0.0651. The summed E-state index contributed by atoms with van der Waals surface area (Å²) in [5.74, 6) is -4.20. The molecule has 6 aromatic carbocycles. The maximum absolute atomic E-state index is 12.2. The van der Waals surface area contributed by atoms with Crippen molar-refractivity contribution >= 4 is 45.1 Å². The summed E-state index contributed by atoms with van der Waals surface area (Å²) in [6.07, 6.45) is 0. The Morgan fingerprint density at radius 2 is 0.741 bits per heavy atom. The standard InChI is InChI=1S/C31H24O10.C12H12N2O2S/c1-31(2,17-3-7-19(8-4-17)40-21-11-13-23(27(32)33)25(15-21)29(36)37)18-5-9-20(10-6-18)41-22-12-14-24(28(34)35)26(16-22)30(38)39;13-9-1-5-11(6-2-9)17(15,16)12-7-3-10(14)4-8-12/h3-16H,1-2H3,(H,32,33)(H,34,35)(H,36,37)(H,38,39);1-8H,13-14H2. The van der Waals surface area contributed by atoms with Crippen LogP contribution in [0.25, 0.3) is 0 Å². The Kier molecular flexibility index (Phi) is 12.2. The molecule has 296 valence electrons. The topological polar surface area (TPSA) is 254 Å². The van der Waals surface area contributed by atoms with Gasteiger partial charge in [0, 0.05) is 16.8 Å². The van der Waals surface area contributed by atoms with E-state index in [4.69, 9.17) is 20.9 Å². The van der Waals surface area contributed by atoms with E-state index in [0.29, 0.717) is 22.9 Å². The van der Waals surface area contributed by atoms with Crippen LogP contribution in [-0.4, -0.2) is 52.7 Å². The predicted octanol–water partition coefficient (Wildman–Crippen LogP) is 8.07. The molecule has 6 rings (SSSR count). The molecule has 0 radical (unpaired) electrons. The number of nitrogens with two attached hydrogens (primary N) is 2. The number of carboxylic acids is 4. The number of hydrogen-bond donors (Lipinski definition) is 6. The molecule has 0 unspecified atom stereocenters. The van der Waals surface area contributed by atoms with Gasteiger partial charge in [-0.3, -0.25) is 0 Å². The van der Waals surface area contributed by atoms with Gasteiger partial charge in [0.05, 0.1) is 32.0 Å². The molecule has 0 fully saturated rings. The Bertz CT molecular complexity index is 2430. The summed E-state index contributed by atoms with van der Waals surface area (Å²) in [4.78, 5) is 45.8. The van der Waals surface area contributed by atoms with Crippen molar-refractivity contribution in [1.82, 2.24) is 0 Å². The molecule has 0 heterocycles. The number of nitrogen functional groups attached to an aromatic ring is 2. The first-order valence-corrected chi connectivity index (χ1v) is 18.6. The van der Waals surface area contributed by atoms with E-state index >= 15 is 0 Å². The molecule has 0 saturated heterocycles. The lowest BCUT2D eigenvalue weighted by Gasteiger charge is -2.26. The molecule has 58 heavy (non-hydrogen) atoms. The van der Waals surface area contributed by atoms with Crippen LogP contribution in [0.2, 0.25) is 0 Å². The van der Waals surface area contributed by atoms with E-state index in [9.17, 15) is 48.0 Å². The van der Waals surface area contributed by atoms with Crippen LogP contribution in [0.15, 0.2) is 143 Å². The fourth-order valence-electron chi connectivity index (χ4n) is 5.65. The molecular weight excluding hydrogens is 769 g/mol. The Labute approximate surface area is 332 Å². The molecule has 0 saturated carbocycles. The Morgan fingerprint density at radius 1 is 0.448 bits per heavy atom. The fourth-order valence-corrected chi connectivity index (χ4v) is 6.91. The molecule has 15 heteroatoms. The summed E-state index contributed by atoms with van der Waals surface area (Å²) >= 11 is 0. The van der Waals surface area contributed by atoms with Crippen molar-refractivity contribution in [3.63, 3.8) is 0 Å². The Balaban J connectivity index is 0.000000313. The van der Waals surface area contributed by atoms with Gasteiger partial charge in [0.1, 0.15) is 23.0 Å². The van der Waals surface area contributed by atoms with Crippen LogP contribution in [-0.2, 0) is 15.3 Å². The van der Waals surface area contributed by atoms with Crippen molar-refractivity contribution < 1.29 is 57.5 Å². The first-order valence-electron chi connectivity index (χ1n) is 17.1. The third-order valence-electron chi connectivity index (χ3n) is 8.91. The third kappa shape index (κ3) is 9.58. The van der Waals surface area contributed by atoms with E-state index in [2.05, 4.69) is 0 Å². The van der Waals surface area contributed by atoms with Crippen LogP contribution in [0.5, 0.6) is 23.0 Å². The second-order valence-corrected chi connectivity index (χ2v) is 15.1. The highest BCUT2D eigenvalue weighted by molar-refractivity contribution is 7.91. The summed E-state index contributed by atoms with van der Waals surface area (Å²) in [5.41, 5.74) is 12.1. The molecule has 0 amide bonds. The van der Waals surface area contributed by atoms with Gasteiger partial charge >= 0.3 is 23.9 Å². The van der Waals surface area contributed by atoms with Crippen LogP contribution >= 0.6 is 0 Å². The van der Waals surface area contributed by atoms with E-state index in [0.717, 1.165) is 23.3 Å². The Morgan fingerprint density at radius 3 is 1.03 bits per heavy atom. The van der Waals surface area contributed by atoms with Crippen molar-refractivity contribution in [3.8, 4) is 23.0 Å². The minimum Gasteiger partial charge on any atom is -0.478 e. The number of sulfone groups is 1. The van der Waals surface area contributed by atoms with Gasteiger partial charge in [-0.25, -0.2) is 27.6 Å². The third-order valence-corrected chi connectivity index (χ3v) is 10.7. The SMILES string of the molecule is CC(C)(c1ccc(Oc2ccc(C(=O)O)c(C(=O)O)c2)cc1)c1ccc(Oc2ccc(C(=O)O)c(C(=O)O)c2)cc1.Nc1ccc(S(=O)(=O)c2ccc(N)cc2)cc1. The highest BCUT2D eigenvalue weighted by Crippen LogP contribution is 2.35. The van der Waals surface area contributed by atoms with E-state index in [1.807, 2.05) is 38.1 Å². The van der Waals surface area contributed by atoms with Crippen LogP contribution in [0, 0.1) is 0 Å². The number of ether oxygens (including phenoxy) is 2. The summed E-state index contributed by atoms with van der Waals surface area (Å²) in [6.45, 7) is 4.04. The van der Waals surface area contributed by atoms with Gasteiger partial charge in [-0.2, -0.15) is 0 Å². The highest BCUT2D eigenvalue weighted by Gasteiger charge is 2.24. The normalized spacial score (nSPS) is 11.1. The zero-order valence-corrected chi connectivity index (χ0v) is 31.6. The molecule has 0 spiro atoms. The van der Waals surface area contributed by atoms with Gasteiger partial charge < -0.3 is 41.4 Å². The zero-order chi connectivity index (χ0) is 42.4. The second kappa shape index (κ2) is 17.0. The fraction of sp³-hybridized carbons (Fsp3) is 0.0698.